The molecular weight excluding hydrogens is 308 g/mol. The Morgan fingerprint density at radius 1 is 1.38 bits per heavy atom. The largest absolute Gasteiger partial charge is 0.464 e. The van der Waals surface area contributed by atoms with Crippen LogP contribution in [0, 0.1) is 6.92 Å². The van der Waals surface area contributed by atoms with Gasteiger partial charge in [-0.3, -0.25) is 4.90 Å². The summed E-state index contributed by atoms with van der Waals surface area (Å²) in [5.41, 5.74) is 1.08. The third-order valence-electron chi connectivity index (χ3n) is 4.76. The molecule has 7 heteroatoms. The summed E-state index contributed by atoms with van der Waals surface area (Å²) in [6.07, 6.45) is 2.34. The standard InChI is InChI=1S/C17H26N4O3/c1-4-5-13-10-24-11-14-9-20(6-7-21(13)14)17-18-12(2)8-15(19-17)16(22)23-3/h8,13-14H,4-7,9-11H2,1-3H3/t13-,14+/m0/s1. The van der Waals surface area contributed by atoms with Gasteiger partial charge in [-0.05, 0) is 19.4 Å². The number of hydrogen-bond acceptors (Lipinski definition) is 7. The molecular formula is C17H26N4O3. The summed E-state index contributed by atoms with van der Waals surface area (Å²) in [6.45, 7) is 8.32. The molecule has 132 valence electrons. The maximum atomic E-state index is 11.8. The third-order valence-corrected chi connectivity index (χ3v) is 4.76. The number of aromatic nitrogens is 2. The first kappa shape index (κ1) is 17.1. The molecule has 0 spiro atoms. The first-order valence-corrected chi connectivity index (χ1v) is 8.64. The predicted octanol–water partition coefficient (Wildman–Crippen LogP) is 1.26. The molecule has 2 aliphatic rings. The fraction of sp³-hybridized carbons (Fsp3) is 0.706. The van der Waals surface area contributed by atoms with Crippen LogP contribution in [0.3, 0.4) is 0 Å². The fourth-order valence-electron chi connectivity index (χ4n) is 3.60. The molecule has 1 aromatic heterocycles. The van der Waals surface area contributed by atoms with Gasteiger partial charge < -0.3 is 14.4 Å². The van der Waals surface area contributed by atoms with E-state index in [-0.39, 0.29) is 0 Å². The summed E-state index contributed by atoms with van der Waals surface area (Å²) < 4.78 is 10.6. The molecule has 0 N–H and O–H groups in total. The Bertz CT molecular complexity index is 593. The van der Waals surface area contributed by atoms with Crippen molar-refractivity contribution in [2.45, 2.75) is 38.8 Å². The number of rotatable bonds is 4. The second kappa shape index (κ2) is 7.44. The van der Waals surface area contributed by atoms with Gasteiger partial charge in [0, 0.05) is 31.4 Å². The number of piperazine rings is 1. The van der Waals surface area contributed by atoms with Crippen LogP contribution in [0.2, 0.25) is 0 Å². The van der Waals surface area contributed by atoms with Crippen molar-refractivity contribution in [2.24, 2.45) is 0 Å². The number of nitrogens with zero attached hydrogens (tertiary/aromatic N) is 4. The lowest BCUT2D eigenvalue weighted by Gasteiger charge is -2.48. The van der Waals surface area contributed by atoms with Crippen LogP contribution >= 0.6 is 0 Å². The summed E-state index contributed by atoms with van der Waals surface area (Å²) >= 11 is 0. The van der Waals surface area contributed by atoms with Crippen molar-refractivity contribution in [2.75, 3.05) is 44.9 Å². The van der Waals surface area contributed by atoms with Crippen molar-refractivity contribution in [3.63, 3.8) is 0 Å². The highest BCUT2D eigenvalue weighted by atomic mass is 16.5. The van der Waals surface area contributed by atoms with E-state index in [9.17, 15) is 4.79 Å². The van der Waals surface area contributed by atoms with Gasteiger partial charge in [-0.25, -0.2) is 14.8 Å². The monoisotopic (exact) mass is 334 g/mol. The second-order valence-electron chi connectivity index (χ2n) is 6.50. The van der Waals surface area contributed by atoms with Gasteiger partial charge in [-0.2, -0.15) is 0 Å². The van der Waals surface area contributed by atoms with E-state index in [4.69, 9.17) is 9.47 Å². The van der Waals surface area contributed by atoms with Crippen LogP contribution in [0.1, 0.15) is 35.9 Å². The summed E-state index contributed by atoms with van der Waals surface area (Å²) in [5.74, 6) is 0.178. The minimum Gasteiger partial charge on any atom is -0.464 e. The number of hydrogen-bond donors (Lipinski definition) is 0. The number of carbonyl (C=O) groups excluding carboxylic acids is 1. The summed E-state index contributed by atoms with van der Waals surface area (Å²) in [4.78, 5) is 25.4. The smallest absolute Gasteiger partial charge is 0.356 e. The highest BCUT2D eigenvalue weighted by Gasteiger charge is 2.36. The molecule has 0 bridgehead atoms. The Morgan fingerprint density at radius 2 is 2.21 bits per heavy atom. The minimum atomic E-state index is -0.426. The Kier molecular flexibility index (Phi) is 5.30. The number of esters is 1. The van der Waals surface area contributed by atoms with E-state index in [1.54, 1.807) is 6.07 Å². The number of ether oxygens (including phenoxy) is 2. The van der Waals surface area contributed by atoms with Crippen LogP contribution in [0.5, 0.6) is 0 Å². The van der Waals surface area contributed by atoms with Crippen molar-refractivity contribution in [1.29, 1.82) is 0 Å². The van der Waals surface area contributed by atoms with E-state index < -0.39 is 5.97 Å². The van der Waals surface area contributed by atoms with Crippen molar-refractivity contribution >= 4 is 11.9 Å². The SMILES string of the molecule is CCC[C@H]1COC[C@H]2CN(c3nc(C)cc(C(=O)OC)n3)CCN12. The molecule has 3 rings (SSSR count). The van der Waals surface area contributed by atoms with Crippen molar-refractivity contribution in [1.82, 2.24) is 14.9 Å². The van der Waals surface area contributed by atoms with Crippen LogP contribution < -0.4 is 4.90 Å². The minimum absolute atomic E-state index is 0.311. The molecule has 2 aliphatic heterocycles. The zero-order chi connectivity index (χ0) is 17.1. The van der Waals surface area contributed by atoms with Gasteiger partial charge in [0.15, 0.2) is 5.69 Å². The van der Waals surface area contributed by atoms with Gasteiger partial charge in [0.2, 0.25) is 5.95 Å². The van der Waals surface area contributed by atoms with E-state index in [0.717, 1.165) is 38.5 Å². The maximum Gasteiger partial charge on any atom is 0.356 e. The molecule has 1 aromatic rings. The lowest BCUT2D eigenvalue weighted by molar-refractivity contribution is -0.0559. The Hall–Kier alpha value is -1.73. The molecule has 24 heavy (non-hydrogen) atoms. The molecule has 2 saturated heterocycles. The molecule has 2 fully saturated rings. The van der Waals surface area contributed by atoms with E-state index >= 15 is 0 Å². The number of methoxy groups -OCH3 is 1. The molecule has 0 amide bonds. The van der Waals surface area contributed by atoms with E-state index in [1.807, 2.05) is 6.92 Å². The van der Waals surface area contributed by atoms with Crippen LogP contribution in [-0.4, -0.2) is 72.9 Å². The number of morpholine rings is 1. The van der Waals surface area contributed by atoms with Gasteiger partial charge >= 0.3 is 5.97 Å². The summed E-state index contributed by atoms with van der Waals surface area (Å²) in [7, 11) is 1.37. The zero-order valence-electron chi connectivity index (χ0n) is 14.7. The average molecular weight is 334 g/mol. The zero-order valence-corrected chi connectivity index (χ0v) is 14.7. The van der Waals surface area contributed by atoms with E-state index in [1.165, 1.54) is 20.0 Å². The van der Waals surface area contributed by atoms with Crippen LogP contribution in [0.15, 0.2) is 6.07 Å². The summed E-state index contributed by atoms with van der Waals surface area (Å²) in [5, 5.41) is 0. The normalized spacial score (nSPS) is 24.5. The molecule has 3 heterocycles. The van der Waals surface area contributed by atoms with Crippen LogP contribution in [-0.2, 0) is 9.47 Å². The Balaban J connectivity index is 1.76. The van der Waals surface area contributed by atoms with Crippen LogP contribution in [0.25, 0.3) is 0 Å². The third kappa shape index (κ3) is 3.52. The number of carbonyl (C=O) groups is 1. The molecule has 2 atom stereocenters. The van der Waals surface area contributed by atoms with Crippen molar-refractivity contribution < 1.29 is 14.3 Å². The predicted molar refractivity (Wildman–Crippen MR) is 90.3 cm³/mol. The number of aryl methyl sites for hydroxylation is 1. The maximum absolute atomic E-state index is 11.8. The molecule has 0 radical (unpaired) electrons. The first-order valence-electron chi connectivity index (χ1n) is 8.64. The Morgan fingerprint density at radius 3 is 2.96 bits per heavy atom. The number of anilines is 1. The van der Waals surface area contributed by atoms with Crippen molar-refractivity contribution in [3.05, 3.63) is 17.5 Å². The molecule has 7 nitrogen and oxygen atoms in total. The van der Waals surface area contributed by atoms with Crippen molar-refractivity contribution in [3.8, 4) is 0 Å². The topological polar surface area (TPSA) is 67.8 Å². The molecule has 0 aromatic carbocycles. The Labute approximate surface area is 143 Å². The highest BCUT2D eigenvalue weighted by molar-refractivity contribution is 5.87. The van der Waals surface area contributed by atoms with E-state index in [2.05, 4.69) is 26.7 Å². The van der Waals surface area contributed by atoms with Gasteiger partial charge in [0.25, 0.3) is 0 Å². The molecule has 0 unspecified atom stereocenters. The van der Waals surface area contributed by atoms with Crippen LogP contribution in [0.4, 0.5) is 5.95 Å². The van der Waals surface area contributed by atoms with E-state index in [0.29, 0.717) is 23.7 Å². The van der Waals surface area contributed by atoms with Gasteiger partial charge in [0.05, 0.1) is 26.4 Å². The van der Waals surface area contributed by atoms with Gasteiger partial charge in [0.1, 0.15) is 0 Å². The lowest BCUT2D eigenvalue weighted by Crippen LogP contribution is -2.62. The molecule has 0 saturated carbocycles. The first-order chi connectivity index (χ1) is 11.6. The van der Waals surface area contributed by atoms with Gasteiger partial charge in [-0.15, -0.1) is 0 Å². The average Bonchev–Trinajstić information content (AvgIpc) is 2.60. The lowest BCUT2D eigenvalue weighted by atomic mass is 10.0. The quantitative estimate of drug-likeness (QED) is 0.768. The summed E-state index contributed by atoms with van der Waals surface area (Å²) in [6, 6.07) is 2.53. The van der Waals surface area contributed by atoms with Gasteiger partial charge in [-0.1, -0.05) is 13.3 Å². The second-order valence-corrected chi connectivity index (χ2v) is 6.50. The fourth-order valence-corrected chi connectivity index (χ4v) is 3.60. The number of fused-ring (bicyclic) bond motifs is 1. The highest BCUT2D eigenvalue weighted by Crippen LogP contribution is 2.23. The molecule has 0 aliphatic carbocycles.